The second-order valence-corrected chi connectivity index (χ2v) is 10.2. The first-order valence-electron chi connectivity index (χ1n) is 12.3. The van der Waals surface area contributed by atoms with Gasteiger partial charge in [0.1, 0.15) is 18.0 Å². The molecule has 1 aromatic heterocycles. The van der Waals surface area contributed by atoms with Crippen molar-refractivity contribution in [2.45, 2.75) is 65.7 Å². The summed E-state index contributed by atoms with van der Waals surface area (Å²) in [6.45, 7) is 11.8. The fourth-order valence-electron chi connectivity index (χ4n) is 4.23. The van der Waals surface area contributed by atoms with Crippen LogP contribution < -0.4 is 10.2 Å². The van der Waals surface area contributed by atoms with Crippen LogP contribution in [0.4, 0.5) is 21.4 Å². The first-order valence-corrected chi connectivity index (χ1v) is 12.3. The monoisotopic (exact) mass is 481 g/mol. The molecule has 1 saturated heterocycles. The Balaban J connectivity index is 1.27. The second-order valence-electron chi connectivity index (χ2n) is 10.2. The summed E-state index contributed by atoms with van der Waals surface area (Å²) in [5.74, 6) is 1.60. The summed E-state index contributed by atoms with van der Waals surface area (Å²) in [6.07, 6.45) is 3.13. The fraction of sp³-hybridized carbons (Fsp3) is 0.538. The van der Waals surface area contributed by atoms with E-state index in [1.165, 1.54) is 10.5 Å². The number of benzene rings is 1. The van der Waals surface area contributed by atoms with Gasteiger partial charge in [-0.1, -0.05) is 24.3 Å². The zero-order valence-corrected chi connectivity index (χ0v) is 21.2. The first kappa shape index (κ1) is 24.8. The summed E-state index contributed by atoms with van der Waals surface area (Å²) in [7, 11) is 0. The molecule has 1 N–H and O–H groups in total. The summed E-state index contributed by atoms with van der Waals surface area (Å²) in [5.41, 5.74) is 2.75. The quantitative estimate of drug-likeness (QED) is 0.599. The number of cyclic esters (lactones) is 1. The normalized spacial score (nSPS) is 16.8. The van der Waals surface area contributed by atoms with E-state index in [9.17, 15) is 9.59 Å². The zero-order chi connectivity index (χ0) is 25.2. The third-order valence-electron chi connectivity index (χ3n) is 6.26. The molecule has 0 aliphatic carbocycles. The summed E-state index contributed by atoms with van der Waals surface area (Å²) in [6, 6.07) is 8.55. The molecule has 0 radical (unpaired) electrons. The lowest BCUT2D eigenvalue weighted by atomic mass is 9.92. The number of carbonyl (C=O) groups is 2. The molecular formula is C26H35N5O4. The number of rotatable bonds is 7. The first-order chi connectivity index (χ1) is 16.6. The van der Waals surface area contributed by atoms with Crippen molar-refractivity contribution in [1.29, 1.82) is 0 Å². The molecule has 35 heavy (non-hydrogen) atoms. The predicted molar refractivity (Wildman–Crippen MR) is 133 cm³/mol. The van der Waals surface area contributed by atoms with Crippen LogP contribution in [0.25, 0.3) is 0 Å². The average Bonchev–Trinajstić information content (AvgIpc) is 2.77. The SMILES string of the molecule is CCN1C(=O)OCc2cnc(N[C@@H](C)c3ccc(CCC4CN(C(=O)OC(C)(C)C)C4)cc3)nc21. The van der Waals surface area contributed by atoms with E-state index in [4.69, 9.17) is 9.47 Å². The maximum absolute atomic E-state index is 12.1. The van der Waals surface area contributed by atoms with E-state index in [1.54, 1.807) is 11.1 Å². The van der Waals surface area contributed by atoms with Crippen molar-refractivity contribution in [3.63, 3.8) is 0 Å². The molecule has 0 unspecified atom stereocenters. The lowest BCUT2D eigenvalue weighted by molar-refractivity contribution is -0.00203. The minimum atomic E-state index is -0.453. The Labute approximate surface area is 206 Å². The number of anilines is 2. The summed E-state index contributed by atoms with van der Waals surface area (Å²) >= 11 is 0. The highest BCUT2D eigenvalue weighted by Gasteiger charge is 2.33. The Bertz CT molecular complexity index is 1060. The van der Waals surface area contributed by atoms with Gasteiger partial charge in [-0.05, 0) is 64.5 Å². The highest BCUT2D eigenvalue weighted by atomic mass is 16.6. The minimum Gasteiger partial charge on any atom is -0.444 e. The molecule has 0 bridgehead atoms. The van der Waals surface area contributed by atoms with Gasteiger partial charge in [-0.15, -0.1) is 0 Å². The van der Waals surface area contributed by atoms with Crippen LogP contribution in [-0.2, 0) is 22.5 Å². The molecule has 9 heteroatoms. The zero-order valence-electron chi connectivity index (χ0n) is 21.2. The van der Waals surface area contributed by atoms with Gasteiger partial charge in [0.2, 0.25) is 5.95 Å². The van der Waals surface area contributed by atoms with Crippen LogP contribution >= 0.6 is 0 Å². The maximum Gasteiger partial charge on any atom is 0.415 e. The summed E-state index contributed by atoms with van der Waals surface area (Å²) < 4.78 is 10.6. The van der Waals surface area contributed by atoms with Gasteiger partial charge in [-0.2, -0.15) is 4.98 Å². The van der Waals surface area contributed by atoms with E-state index in [0.717, 1.165) is 37.1 Å². The molecule has 1 aromatic carbocycles. The average molecular weight is 482 g/mol. The topological polar surface area (TPSA) is 96.9 Å². The number of aryl methyl sites for hydroxylation is 1. The molecule has 2 aromatic rings. The second kappa shape index (κ2) is 10.1. The van der Waals surface area contributed by atoms with Gasteiger partial charge >= 0.3 is 12.2 Å². The van der Waals surface area contributed by atoms with E-state index in [1.807, 2.05) is 27.7 Å². The Morgan fingerprint density at radius 1 is 1.26 bits per heavy atom. The number of nitrogens with one attached hydrogen (secondary N) is 1. The lowest BCUT2D eigenvalue weighted by Gasteiger charge is -2.39. The Kier molecular flexibility index (Phi) is 7.14. The Morgan fingerprint density at radius 2 is 1.97 bits per heavy atom. The predicted octanol–water partition coefficient (Wildman–Crippen LogP) is 4.93. The lowest BCUT2D eigenvalue weighted by Crippen LogP contribution is -2.51. The molecule has 0 spiro atoms. The molecule has 0 saturated carbocycles. The van der Waals surface area contributed by atoms with Crippen molar-refractivity contribution in [3.8, 4) is 0 Å². The van der Waals surface area contributed by atoms with Gasteiger partial charge in [0.25, 0.3) is 0 Å². The summed E-state index contributed by atoms with van der Waals surface area (Å²) in [5, 5.41) is 3.34. The van der Waals surface area contributed by atoms with E-state index in [-0.39, 0.29) is 24.8 Å². The van der Waals surface area contributed by atoms with Crippen LogP contribution in [0.2, 0.25) is 0 Å². The summed E-state index contributed by atoms with van der Waals surface area (Å²) in [4.78, 5) is 36.3. The number of hydrogen-bond donors (Lipinski definition) is 1. The standard InChI is InChI=1S/C26H35N5O4/c1-6-31-22-21(16-34-25(31)33)13-27-23(29-22)28-17(2)20-11-9-18(10-12-20)7-8-19-14-30(15-19)24(32)35-26(3,4)5/h9-13,17,19H,6-8,14-16H2,1-5H3,(H,27,28,29)/t17-/m0/s1. The van der Waals surface area contributed by atoms with Crippen molar-refractivity contribution < 1.29 is 19.1 Å². The van der Waals surface area contributed by atoms with Crippen molar-refractivity contribution >= 4 is 24.0 Å². The molecule has 2 aliphatic heterocycles. The van der Waals surface area contributed by atoms with Crippen LogP contribution in [0.5, 0.6) is 0 Å². The van der Waals surface area contributed by atoms with Crippen LogP contribution in [0.3, 0.4) is 0 Å². The van der Waals surface area contributed by atoms with Gasteiger partial charge in [-0.25, -0.2) is 14.6 Å². The number of ether oxygens (including phenoxy) is 2. The number of amides is 2. The number of aromatic nitrogens is 2. The van der Waals surface area contributed by atoms with Crippen LogP contribution in [0, 0.1) is 5.92 Å². The van der Waals surface area contributed by atoms with E-state index in [2.05, 4.69) is 46.5 Å². The number of hydrogen-bond acceptors (Lipinski definition) is 7. The largest absolute Gasteiger partial charge is 0.444 e. The van der Waals surface area contributed by atoms with Crippen molar-refractivity contribution in [3.05, 3.63) is 47.2 Å². The maximum atomic E-state index is 12.1. The number of likely N-dealkylation sites (tertiary alicyclic amines) is 1. The third kappa shape index (κ3) is 6.01. The molecule has 2 amide bonds. The van der Waals surface area contributed by atoms with Crippen LogP contribution in [0.1, 0.15) is 63.8 Å². The molecule has 3 heterocycles. The van der Waals surface area contributed by atoms with Crippen molar-refractivity contribution in [1.82, 2.24) is 14.9 Å². The molecule has 188 valence electrons. The van der Waals surface area contributed by atoms with Gasteiger partial charge < -0.3 is 19.7 Å². The molecular weight excluding hydrogens is 446 g/mol. The number of carbonyl (C=O) groups excluding carboxylic acids is 2. The van der Waals surface area contributed by atoms with Crippen molar-refractivity contribution in [2.75, 3.05) is 29.9 Å². The fourth-order valence-corrected chi connectivity index (χ4v) is 4.23. The van der Waals surface area contributed by atoms with E-state index < -0.39 is 5.60 Å². The number of nitrogens with zero attached hydrogens (tertiary/aromatic N) is 4. The van der Waals surface area contributed by atoms with E-state index in [0.29, 0.717) is 24.2 Å². The molecule has 2 aliphatic rings. The van der Waals surface area contributed by atoms with Crippen molar-refractivity contribution in [2.24, 2.45) is 5.92 Å². The smallest absolute Gasteiger partial charge is 0.415 e. The van der Waals surface area contributed by atoms with Gasteiger partial charge in [0.05, 0.1) is 11.6 Å². The molecule has 1 atom stereocenters. The Morgan fingerprint density at radius 3 is 2.63 bits per heavy atom. The Hall–Kier alpha value is -3.36. The molecule has 1 fully saturated rings. The molecule has 4 rings (SSSR count). The van der Waals surface area contributed by atoms with Gasteiger partial charge in [-0.3, -0.25) is 4.90 Å². The van der Waals surface area contributed by atoms with Crippen LogP contribution in [-0.4, -0.2) is 52.3 Å². The van der Waals surface area contributed by atoms with Gasteiger partial charge in [0, 0.05) is 25.8 Å². The minimum absolute atomic E-state index is 0.00161. The van der Waals surface area contributed by atoms with Crippen LogP contribution in [0.15, 0.2) is 30.5 Å². The highest BCUT2D eigenvalue weighted by Crippen LogP contribution is 2.27. The van der Waals surface area contributed by atoms with Gasteiger partial charge in [0.15, 0.2) is 0 Å². The van der Waals surface area contributed by atoms with E-state index >= 15 is 0 Å². The third-order valence-corrected chi connectivity index (χ3v) is 6.26. The number of fused-ring (bicyclic) bond motifs is 1. The molecule has 9 nitrogen and oxygen atoms in total. The highest BCUT2D eigenvalue weighted by molar-refractivity contribution is 5.89.